The maximum absolute atomic E-state index is 11.7. The Morgan fingerprint density at radius 2 is 1.85 bits per heavy atom. The average molecular weight is 369 g/mol. The van der Waals surface area contributed by atoms with Gasteiger partial charge in [-0.25, -0.2) is 9.59 Å². The van der Waals surface area contributed by atoms with Crippen molar-refractivity contribution in [3.8, 4) is 5.75 Å². The summed E-state index contributed by atoms with van der Waals surface area (Å²) in [5, 5.41) is 2.69. The van der Waals surface area contributed by atoms with Crippen LogP contribution in [0.15, 0.2) is 54.6 Å². The molecule has 0 bridgehead atoms. The van der Waals surface area contributed by atoms with E-state index < -0.39 is 12.1 Å². The number of esters is 1. The third-order valence-corrected chi connectivity index (χ3v) is 3.74. The molecule has 0 spiro atoms. The lowest BCUT2D eigenvalue weighted by atomic mass is 10.1. The average Bonchev–Trinajstić information content (AvgIpc) is 2.72. The molecule has 0 aliphatic heterocycles. The maximum atomic E-state index is 11.7. The molecule has 0 radical (unpaired) electrons. The van der Waals surface area contributed by atoms with E-state index in [-0.39, 0.29) is 6.61 Å². The molecule has 6 heteroatoms. The van der Waals surface area contributed by atoms with E-state index in [1.54, 1.807) is 25.3 Å². The normalized spacial score (nSPS) is 10.4. The third-order valence-electron chi connectivity index (χ3n) is 3.74. The fourth-order valence-corrected chi connectivity index (χ4v) is 2.35. The molecule has 0 unspecified atom stereocenters. The monoisotopic (exact) mass is 369 g/mol. The van der Waals surface area contributed by atoms with Crippen LogP contribution in [-0.4, -0.2) is 32.8 Å². The van der Waals surface area contributed by atoms with E-state index in [1.165, 1.54) is 7.11 Å². The van der Waals surface area contributed by atoms with Crippen LogP contribution in [0.3, 0.4) is 0 Å². The van der Waals surface area contributed by atoms with Gasteiger partial charge in [-0.1, -0.05) is 42.5 Å². The van der Waals surface area contributed by atoms with Gasteiger partial charge in [0.2, 0.25) is 0 Å². The van der Waals surface area contributed by atoms with Gasteiger partial charge in [-0.15, -0.1) is 0 Å². The van der Waals surface area contributed by atoms with Crippen molar-refractivity contribution in [1.29, 1.82) is 0 Å². The number of nitrogens with one attached hydrogen (secondary N) is 1. The molecule has 2 aromatic rings. The number of amides is 1. The quantitative estimate of drug-likeness (QED) is 0.566. The number of hydrogen-bond donors (Lipinski definition) is 1. The SMILES string of the molecule is COC(=O)c1ccc(OC)c(C=CCCNC(=O)OCc2ccccc2)c1. The summed E-state index contributed by atoms with van der Waals surface area (Å²) in [6, 6.07) is 14.5. The van der Waals surface area contributed by atoms with E-state index in [4.69, 9.17) is 14.2 Å². The van der Waals surface area contributed by atoms with Crippen LogP contribution in [0.1, 0.15) is 27.9 Å². The summed E-state index contributed by atoms with van der Waals surface area (Å²) in [5.74, 6) is 0.240. The van der Waals surface area contributed by atoms with Gasteiger partial charge in [-0.05, 0) is 30.2 Å². The number of ether oxygens (including phenoxy) is 3. The number of carbonyl (C=O) groups is 2. The zero-order valence-electron chi connectivity index (χ0n) is 15.4. The second-order valence-corrected chi connectivity index (χ2v) is 5.63. The van der Waals surface area contributed by atoms with Crippen LogP contribution >= 0.6 is 0 Å². The summed E-state index contributed by atoms with van der Waals surface area (Å²) >= 11 is 0. The predicted molar refractivity (Wildman–Crippen MR) is 103 cm³/mol. The highest BCUT2D eigenvalue weighted by Gasteiger charge is 2.08. The Morgan fingerprint density at radius 1 is 1.07 bits per heavy atom. The number of benzene rings is 2. The first-order chi connectivity index (χ1) is 13.1. The smallest absolute Gasteiger partial charge is 0.407 e. The number of hydrogen-bond acceptors (Lipinski definition) is 5. The van der Waals surface area contributed by atoms with Crippen molar-refractivity contribution in [3.63, 3.8) is 0 Å². The zero-order valence-corrected chi connectivity index (χ0v) is 15.4. The van der Waals surface area contributed by atoms with Crippen molar-refractivity contribution in [2.75, 3.05) is 20.8 Å². The minimum atomic E-state index is -0.461. The summed E-state index contributed by atoms with van der Waals surface area (Å²) < 4.78 is 15.2. The predicted octanol–water partition coefficient (Wildman–Crippen LogP) is 3.81. The van der Waals surface area contributed by atoms with Crippen LogP contribution in [0.25, 0.3) is 6.08 Å². The van der Waals surface area contributed by atoms with Gasteiger partial charge in [0, 0.05) is 12.1 Å². The van der Waals surface area contributed by atoms with Gasteiger partial charge >= 0.3 is 12.1 Å². The Balaban J connectivity index is 1.79. The number of rotatable bonds is 8. The molecule has 0 saturated carbocycles. The molecule has 2 rings (SSSR count). The van der Waals surface area contributed by atoms with Crippen LogP contribution in [0.5, 0.6) is 5.75 Å². The lowest BCUT2D eigenvalue weighted by Gasteiger charge is -2.07. The molecule has 6 nitrogen and oxygen atoms in total. The Morgan fingerprint density at radius 3 is 2.56 bits per heavy atom. The minimum absolute atomic E-state index is 0.236. The highest BCUT2D eigenvalue weighted by Crippen LogP contribution is 2.22. The van der Waals surface area contributed by atoms with Crippen LogP contribution < -0.4 is 10.1 Å². The zero-order chi connectivity index (χ0) is 19.5. The van der Waals surface area contributed by atoms with Crippen molar-refractivity contribution in [2.45, 2.75) is 13.0 Å². The molecule has 0 aromatic heterocycles. The second-order valence-electron chi connectivity index (χ2n) is 5.63. The highest BCUT2D eigenvalue weighted by atomic mass is 16.5. The van der Waals surface area contributed by atoms with Crippen LogP contribution in [0, 0.1) is 0 Å². The van der Waals surface area contributed by atoms with Gasteiger partial charge in [0.25, 0.3) is 0 Å². The molecule has 0 fully saturated rings. The standard InChI is InChI=1S/C21H23NO5/c1-25-19-12-11-18(20(23)26-2)14-17(19)10-6-7-13-22-21(24)27-15-16-8-4-3-5-9-16/h3-6,8-12,14H,7,13,15H2,1-2H3,(H,22,24). The minimum Gasteiger partial charge on any atom is -0.496 e. The Hall–Kier alpha value is -3.28. The van der Waals surface area contributed by atoms with E-state index in [9.17, 15) is 9.59 Å². The molecular formula is C21H23NO5. The second kappa shape index (κ2) is 10.7. The number of methoxy groups -OCH3 is 2. The largest absolute Gasteiger partial charge is 0.496 e. The Labute approximate surface area is 158 Å². The Bertz CT molecular complexity index is 786. The molecule has 27 heavy (non-hydrogen) atoms. The molecule has 0 saturated heterocycles. The maximum Gasteiger partial charge on any atom is 0.407 e. The molecule has 1 amide bonds. The van der Waals surface area contributed by atoms with Gasteiger partial charge in [-0.3, -0.25) is 0 Å². The molecule has 1 N–H and O–H groups in total. The van der Waals surface area contributed by atoms with Gasteiger partial charge < -0.3 is 19.5 Å². The molecule has 0 atom stereocenters. The number of alkyl carbamates (subject to hydrolysis) is 1. The molecule has 2 aromatic carbocycles. The first kappa shape index (κ1) is 20.0. The first-order valence-electron chi connectivity index (χ1n) is 8.51. The molecule has 0 aliphatic rings. The van der Waals surface area contributed by atoms with Crippen LogP contribution in [0.2, 0.25) is 0 Å². The van der Waals surface area contributed by atoms with E-state index in [2.05, 4.69) is 5.32 Å². The highest BCUT2D eigenvalue weighted by molar-refractivity contribution is 5.90. The van der Waals surface area contributed by atoms with Crippen LogP contribution in [-0.2, 0) is 16.1 Å². The van der Waals surface area contributed by atoms with Crippen molar-refractivity contribution in [2.24, 2.45) is 0 Å². The lowest BCUT2D eigenvalue weighted by molar-refractivity contribution is 0.0600. The van der Waals surface area contributed by atoms with E-state index in [0.29, 0.717) is 24.3 Å². The third kappa shape index (κ3) is 6.51. The fourth-order valence-electron chi connectivity index (χ4n) is 2.35. The van der Waals surface area contributed by atoms with E-state index in [1.807, 2.05) is 42.5 Å². The summed E-state index contributed by atoms with van der Waals surface area (Å²) in [4.78, 5) is 23.3. The van der Waals surface area contributed by atoms with Gasteiger partial charge in [0.1, 0.15) is 12.4 Å². The first-order valence-corrected chi connectivity index (χ1v) is 8.51. The summed E-state index contributed by atoms with van der Waals surface area (Å²) in [6.07, 6.45) is 3.86. The van der Waals surface area contributed by atoms with Crippen molar-refractivity contribution in [3.05, 3.63) is 71.3 Å². The van der Waals surface area contributed by atoms with Crippen LogP contribution in [0.4, 0.5) is 4.79 Å². The molecule has 0 heterocycles. The summed E-state index contributed by atoms with van der Waals surface area (Å²) in [6.45, 7) is 0.670. The van der Waals surface area contributed by atoms with E-state index in [0.717, 1.165) is 11.1 Å². The Kier molecular flexibility index (Phi) is 7.91. The van der Waals surface area contributed by atoms with Gasteiger partial charge in [0.15, 0.2) is 0 Å². The lowest BCUT2D eigenvalue weighted by Crippen LogP contribution is -2.24. The fraction of sp³-hybridized carbons (Fsp3) is 0.238. The van der Waals surface area contributed by atoms with Crippen molar-refractivity contribution in [1.82, 2.24) is 5.32 Å². The van der Waals surface area contributed by atoms with Crippen molar-refractivity contribution < 1.29 is 23.8 Å². The summed E-state index contributed by atoms with van der Waals surface area (Å²) in [5.41, 5.74) is 2.14. The number of carbonyl (C=O) groups excluding carboxylic acids is 2. The van der Waals surface area contributed by atoms with Crippen molar-refractivity contribution >= 4 is 18.1 Å². The molecular weight excluding hydrogens is 346 g/mol. The topological polar surface area (TPSA) is 73.9 Å². The summed E-state index contributed by atoms with van der Waals surface area (Å²) in [7, 11) is 2.90. The molecule has 0 aliphatic carbocycles. The van der Waals surface area contributed by atoms with E-state index >= 15 is 0 Å². The van der Waals surface area contributed by atoms with Gasteiger partial charge in [-0.2, -0.15) is 0 Å². The molecule has 142 valence electrons. The van der Waals surface area contributed by atoms with Gasteiger partial charge in [0.05, 0.1) is 19.8 Å².